The number of carbonyl (C=O) groups is 1. The second-order valence-electron chi connectivity index (χ2n) is 6.81. The van der Waals surface area contributed by atoms with Crippen molar-refractivity contribution in [1.82, 2.24) is 9.88 Å². The molecule has 1 fully saturated rings. The lowest BCUT2D eigenvalue weighted by molar-refractivity contribution is 0.0602. The largest absolute Gasteiger partial charge is 0.495 e. The van der Waals surface area contributed by atoms with Gasteiger partial charge in [0.25, 0.3) is 5.91 Å². The van der Waals surface area contributed by atoms with Crippen LogP contribution in [0.15, 0.2) is 36.5 Å². The van der Waals surface area contributed by atoms with Crippen LogP contribution in [0.3, 0.4) is 0 Å². The molecule has 1 aromatic carbocycles. The Morgan fingerprint density at radius 1 is 1.31 bits per heavy atom. The molecule has 5 heteroatoms. The number of nitrogens with one attached hydrogen (secondary N) is 1. The van der Waals surface area contributed by atoms with E-state index >= 15 is 0 Å². The van der Waals surface area contributed by atoms with Gasteiger partial charge in [-0.3, -0.25) is 9.78 Å². The number of hydrogen-bond donors (Lipinski definition) is 1. The van der Waals surface area contributed by atoms with Crippen molar-refractivity contribution in [2.24, 2.45) is 0 Å². The van der Waals surface area contributed by atoms with Gasteiger partial charge in [0.05, 0.1) is 12.8 Å². The van der Waals surface area contributed by atoms with Crippen molar-refractivity contribution in [3.05, 3.63) is 47.8 Å². The first-order valence-corrected chi connectivity index (χ1v) is 9.31. The first-order valence-electron chi connectivity index (χ1n) is 9.31. The molecule has 0 spiro atoms. The molecule has 1 atom stereocenters. The molecule has 0 saturated carbocycles. The number of carbonyl (C=O) groups excluding carboxylic acids is 1. The number of nitrogens with zero attached hydrogens (tertiary/aromatic N) is 2. The van der Waals surface area contributed by atoms with Crippen molar-refractivity contribution >= 4 is 17.3 Å². The fourth-order valence-corrected chi connectivity index (χ4v) is 3.54. The van der Waals surface area contributed by atoms with Crippen molar-refractivity contribution in [2.45, 2.75) is 45.6 Å². The van der Waals surface area contributed by atoms with E-state index in [-0.39, 0.29) is 5.91 Å². The van der Waals surface area contributed by atoms with Crippen LogP contribution in [0.2, 0.25) is 0 Å². The zero-order chi connectivity index (χ0) is 18.5. The lowest BCUT2D eigenvalue weighted by Gasteiger charge is -2.35. The summed E-state index contributed by atoms with van der Waals surface area (Å²) in [5.74, 6) is 0.791. The van der Waals surface area contributed by atoms with Crippen molar-refractivity contribution in [2.75, 3.05) is 19.0 Å². The Labute approximate surface area is 155 Å². The predicted octanol–water partition coefficient (Wildman–Crippen LogP) is 4.55. The second-order valence-corrected chi connectivity index (χ2v) is 6.81. The molecule has 3 rings (SSSR count). The third kappa shape index (κ3) is 3.98. The molecule has 1 saturated heterocycles. The molecule has 1 aliphatic rings. The molecule has 0 bridgehead atoms. The van der Waals surface area contributed by atoms with Crippen LogP contribution >= 0.6 is 0 Å². The van der Waals surface area contributed by atoms with E-state index in [1.165, 1.54) is 6.42 Å². The van der Waals surface area contributed by atoms with E-state index in [1.54, 1.807) is 13.3 Å². The van der Waals surface area contributed by atoms with Crippen LogP contribution in [0.5, 0.6) is 5.75 Å². The van der Waals surface area contributed by atoms with Crippen molar-refractivity contribution < 1.29 is 9.53 Å². The first kappa shape index (κ1) is 18.2. The van der Waals surface area contributed by atoms with E-state index in [0.717, 1.165) is 48.5 Å². The lowest BCUT2D eigenvalue weighted by atomic mass is 9.99. The minimum absolute atomic E-state index is 0.0245. The zero-order valence-electron chi connectivity index (χ0n) is 15.8. The predicted molar refractivity (Wildman–Crippen MR) is 104 cm³/mol. The van der Waals surface area contributed by atoms with Crippen molar-refractivity contribution in [1.29, 1.82) is 0 Å². The summed E-state index contributed by atoms with van der Waals surface area (Å²) in [5.41, 5.74) is 3.33. The SMILES string of the molecule is CCC1CCCCN1C(=O)c1cc(Nc2cc(C)ccc2OC)ccn1. The third-order valence-electron chi connectivity index (χ3n) is 4.97. The first-order chi connectivity index (χ1) is 12.6. The lowest BCUT2D eigenvalue weighted by Crippen LogP contribution is -2.43. The highest BCUT2D eigenvalue weighted by atomic mass is 16.5. The molecule has 2 heterocycles. The minimum atomic E-state index is 0.0245. The van der Waals surface area contributed by atoms with Gasteiger partial charge in [0.15, 0.2) is 0 Å². The number of ether oxygens (including phenoxy) is 1. The molecule has 0 radical (unpaired) electrons. The maximum atomic E-state index is 13.0. The van der Waals surface area contributed by atoms with Gasteiger partial charge in [0.1, 0.15) is 11.4 Å². The number of piperidine rings is 1. The topological polar surface area (TPSA) is 54.5 Å². The number of benzene rings is 1. The molecule has 2 aromatic rings. The van der Waals surface area contributed by atoms with Crippen LogP contribution in [0.4, 0.5) is 11.4 Å². The molecule has 0 aliphatic carbocycles. The van der Waals surface area contributed by atoms with Gasteiger partial charge in [0.2, 0.25) is 0 Å². The molecular weight excluding hydrogens is 326 g/mol. The van der Waals surface area contributed by atoms with E-state index in [1.807, 2.05) is 42.2 Å². The highest BCUT2D eigenvalue weighted by Crippen LogP contribution is 2.29. The van der Waals surface area contributed by atoms with Crippen LogP contribution in [0.1, 0.15) is 48.7 Å². The van der Waals surface area contributed by atoms with Gasteiger partial charge in [-0.05, 0) is 62.4 Å². The highest BCUT2D eigenvalue weighted by molar-refractivity contribution is 5.93. The number of likely N-dealkylation sites (tertiary alicyclic amines) is 1. The van der Waals surface area contributed by atoms with Gasteiger partial charge in [-0.15, -0.1) is 0 Å². The summed E-state index contributed by atoms with van der Waals surface area (Å²) in [6.07, 6.45) is 6.03. The summed E-state index contributed by atoms with van der Waals surface area (Å²) < 4.78 is 5.42. The van der Waals surface area contributed by atoms with E-state index in [9.17, 15) is 4.79 Å². The van der Waals surface area contributed by atoms with Gasteiger partial charge >= 0.3 is 0 Å². The van der Waals surface area contributed by atoms with E-state index in [0.29, 0.717) is 11.7 Å². The molecule has 5 nitrogen and oxygen atoms in total. The highest BCUT2D eigenvalue weighted by Gasteiger charge is 2.27. The summed E-state index contributed by atoms with van der Waals surface area (Å²) >= 11 is 0. The molecule has 1 aromatic heterocycles. The summed E-state index contributed by atoms with van der Waals surface area (Å²) in [6.45, 7) is 5.00. The normalized spacial score (nSPS) is 17.0. The molecule has 1 unspecified atom stereocenters. The molecule has 1 amide bonds. The van der Waals surface area contributed by atoms with Gasteiger partial charge in [-0.1, -0.05) is 13.0 Å². The average Bonchev–Trinajstić information content (AvgIpc) is 2.68. The summed E-state index contributed by atoms with van der Waals surface area (Å²) in [4.78, 5) is 19.3. The standard InChI is InChI=1S/C21H27N3O2/c1-4-17-7-5-6-12-24(17)21(25)19-14-16(10-11-22-19)23-18-13-15(2)8-9-20(18)26-3/h8-11,13-14,17H,4-7,12H2,1-3H3,(H,22,23). The molecule has 1 N–H and O–H groups in total. The third-order valence-corrected chi connectivity index (χ3v) is 4.97. The number of aromatic nitrogens is 1. The number of hydrogen-bond acceptors (Lipinski definition) is 4. The maximum Gasteiger partial charge on any atom is 0.272 e. The minimum Gasteiger partial charge on any atom is -0.495 e. The smallest absolute Gasteiger partial charge is 0.272 e. The van der Waals surface area contributed by atoms with Gasteiger partial charge < -0.3 is 15.0 Å². The number of rotatable bonds is 5. The molecular formula is C21H27N3O2. The Morgan fingerprint density at radius 2 is 2.15 bits per heavy atom. The van der Waals surface area contributed by atoms with Crippen LogP contribution in [0, 0.1) is 6.92 Å². The van der Waals surface area contributed by atoms with Crippen LogP contribution in [-0.2, 0) is 0 Å². The van der Waals surface area contributed by atoms with Crippen LogP contribution in [-0.4, -0.2) is 35.5 Å². The Balaban J connectivity index is 1.82. The molecule has 1 aliphatic heterocycles. The van der Waals surface area contributed by atoms with Gasteiger partial charge in [-0.25, -0.2) is 0 Å². The molecule has 26 heavy (non-hydrogen) atoms. The van der Waals surface area contributed by atoms with E-state index in [2.05, 4.69) is 17.2 Å². The average molecular weight is 353 g/mol. The van der Waals surface area contributed by atoms with Gasteiger partial charge in [-0.2, -0.15) is 0 Å². The Hall–Kier alpha value is -2.56. The van der Waals surface area contributed by atoms with Crippen molar-refractivity contribution in [3.8, 4) is 5.75 Å². The van der Waals surface area contributed by atoms with Crippen LogP contribution in [0.25, 0.3) is 0 Å². The van der Waals surface area contributed by atoms with E-state index < -0.39 is 0 Å². The number of methoxy groups -OCH3 is 1. The summed E-state index contributed by atoms with van der Waals surface area (Å²) in [7, 11) is 1.65. The Morgan fingerprint density at radius 3 is 2.92 bits per heavy atom. The summed E-state index contributed by atoms with van der Waals surface area (Å²) in [6, 6.07) is 9.99. The number of anilines is 2. The number of amides is 1. The number of pyridine rings is 1. The van der Waals surface area contributed by atoms with Crippen molar-refractivity contribution in [3.63, 3.8) is 0 Å². The van der Waals surface area contributed by atoms with E-state index in [4.69, 9.17) is 4.74 Å². The second kappa shape index (κ2) is 8.21. The van der Waals surface area contributed by atoms with Gasteiger partial charge in [0, 0.05) is 24.5 Å². The Kier molecular flexibility index (Phi) is 5.76. The quantitative estimate of drug-likeness (QED) is 0.857. The molecule has 138 valence electrons. The zero-order valence-corrected chi connectivity index (χ0v) is 15.8. The maximum absolute atomic E-state index is 13.0. The van der Waals surface area contributed by atoms with Crippen LogP contribution < -0.4 is 10.1 Å². The fraction of sp³-hybridized carbons (Fsp3) is 0.429. The number of aryl methyl sites for hydroxylation is 1. The monoisotopic (exact) mass is 353 g/mol. The Bertz CT molecular complexity index is 776. The fourth-order valence-electron chi connectivity index (χ4n) is 3.54. The summed E-state index contributed by atoms with van der Waals surface area (Å²) in [5, 5.41) is 3.35.